The highest BCUT2D eigenvalue weighted by Crippen LogP contribution is 2.46. The molecule has 5 aromatic rings. The molecule has 0 bridgehead atoms. The van der Waals surface area contributed by atoms with Gasteiger partial charge < -0.3 is 44.8 Å². The summed E-state index contributed by atoms with van der Waals surface area (Å²) in [4.78, 5) is 91.8. The van der Waals surface area contributed by atoms with Gasteiger partial charge in [0.1, 0.15) is 29.4 Å². The molecular weight excluding hydrogens is 1160 g/mol. The zero-order chi connectivity index (χ0) is 59.5. The van der Waals surface area contributed by atoms with Gasteiger partial charge in [0.15, 0.2) is 5.69 Å². The summed E-state index contributed by atoms with van der Waals surface area (Å²) >= 11 is 9.25. The number of carbonyl (C=O) groups excluding carboxylic acids is 7. The van der Waals surface area contributed by atoms with Crippen molar-refractivity contribution in [1.29, 1.82) is 0 Å². The van der Waals surface area contributed by atoms with Gasteiger partial charge in [-0.05, 0) is 113 Å². The van der Waals surface area contributed by atoms with Crippen LogP contribution < -0.4 is 16.4 Å². The van der Waals surface area contributed by atoms with Crippen molar-refractivity contribution in [3.8, 4) is 22.3 Å². The number of alkyl halides is 1. The number of aromatic nitrogens is 1. The summed E-state index contributed by atoms with van der Waals surface area (Å²) < 4.78 is 31.9. The molecule has 2 aliphatic carbocycles. The number of likely N-dealkylation sites (tertiary alicyclic amines) is 2. The van der Waals surface area contributed by atoms with Crippen molar-refractivity contribution in [2.75, 3.05) is 44.8 Å². The quantitative estimate of drug-likeness (QED) is 0.0326. The van der Waals surface area contributed by atoms with Gasteiger partial charge in [0.05, 0.1) is 47.7 Å². The maximum Gasteiger partial charge on any atom is 0.410 e. The molecule has 4 atom stereocenters. The summed E-state index contributed by atoms with van der Waals surface area (Å²) in [5.74, 6) is -1.90. The van der Waals surface area contributed by atoms with Crippen LogP contribution in [-0.2, 0) is 38.0 Å². The number of benzene rings is 4. The number of esters is 2. The van der Waals surface area contributed by atoms with Gasteiger partial charge in [-0.15, -0.1) is 11.3 Å². The maximum absolute atomic E-state index is 13.1. The number of nitrogens with one attached hydrogen (secondary N) is 2. The Morgan fingerprint density at radius 3 is 1.46 bits per heavy atom. The van der Waals surface area contributed by atoms with Gasteiger partial charge >= 0.3 is 36.3 Å². The number of fused-ring (bicyclic) bond motifs is 6. The fraction of sp³-hybridized carbons (Fsp3) is 0.417. The van der Waals surface area contributed by atoms with Crippen LogP contribution in [0.15, 0.2) is 102 Å². The molecule has 2 saturated heterocycles. The van der Waals surface area contributed by atoms with Crippen molar-refractivity contribution < 1.29 is 62.0 Å². The predicted molar refractivity (Wildman–Crippen MR) is 316 cm³/mol. The number of ether oxygens (including phenoxy) is 6. The number of rotatable bonds is 13. The molecule has 4 aliphatic rings. The van der Waals surface area contributed by atoms with Crippen molar-refractivity contribution >= 4 is 86.6 Å². The molecular formula is C60H69BrN6O13S2. The number of nitrogens with two attached hydrogens (primary N) is 1. The molecule has 2 aliphatic heterocycles. The summed E-state index contributed by atoms with van der Waals surface area (Å²) in [5, 5.41) is 8.01. The molecule has 0 unspecified atom stereocenters. The number of thiocarbonyl (C=S) groups is 1. The van der Waals surface area contributed by atoms with Gasteiger partial charge in [-0.3, -0.25) is 14.6 Å². The summed E-state index contributed by atoms with van der Waals surface area (Å²) in [5.41, 5.74) is 13.9. The van der Waals surface area contributed by atoms with Crippen LogP contribution in [0.2, 0.25) is 0 Å². The van der Waals surface area contributed by atoms with E-state index < -0.39 is 65.4 Å². The topological polar surface area (TPSA) is 244 Å². The minimum absolute atomic E-state index is 0.0191. The smallest absolute Gasteiger partial charge is 0.410 e. The van der Waals surface area contributed by atoms with Crippen LogP contribution in [0, 0.1) is 0 Å². The fourth-order valence-corrected chi connectivity index (χ4v) is 11.4. The summed E-state index contributed by atoms with van der Waals surface area (Å²) in [6, 6.07) is 31.0. The highest BCUT2D eigenvalue weighted by molar-refractivity contribution is 9.09. The van der Waals surface area contributed by atoms with E-state index in [1.54, 1.807) is 65.7 Å². The Kier molecular flexibility index (Phi) is 20.9. The second-order valence-corrected chi connectivity index (χ2v) is 23.5. The van der Waals surface area contributed by atoms with Crippen molar-refractivity contribution in [2.24, 2.45) is 5.73 Å². The minimum Gasteiger partial charge on any atom is -0.461 e. The monoisotopic (exact) mass is 1220 g/mol. The number of amides is 4. The second-order valence-electron chi connectivity index (χ2n) is 21.6. The number of alkyl carbamates (subject to hydrolysis) is 2. The Morgan fingerprint density at radius 1 is 0.634 bits per heavy atom. The van der Waals surface area contributed by atoms with E-state index in [1.165, 1.54) is 27.4 Å². The molecule has 2 fully saturated rings. The van der Waals surface area contributed by atoms with Crippen LogP contribution >= 0.6 is 39.5 Å². The van der Waals surface area contributed by atoms with Gasteiger partial charge in [0.2, 0.25) is 5.78 Å². The van der Waals surface area contributed by atoms with Crippen molar-refractivity contribution in [2.45, 2.75) is 115 Å². The van der Waals surface area contributed by atoms with E-state index in [0.29, 0.717) is 17.8 Å². The molecule has 4 aromatic carbocycles. The van der Waals surface area contributed by atoms with Crippen LogP contribution in [0.25, 0.3) is 22.3 Å². The van der Waals surface area contributed by atoms with Gasteiger partial charge in [-0.1, -0.05) is 125 Å². The lowest BCUT2D eigenvalue weighted by atomic mass is 9.98. The molecule has 4 N–H and O–H groups in total. The number of halogens is 1. The Bertz CT molecular complexity index is 3070. The molecule has 3 heterocycles. The Morgan fingerprint density at radius 2 is 1.05 bits per heavy atom. The average Bonchev–Trinajstić information content (AvgIpc) is 3.86. The molecule has 9 rings (SSSR count). The first kappa shape index (κ1) is 62.2. The number of nitrogens with zero attached hydrogens (tertiary/aromatic N) is 3. The van der Waals surface area contributed by atoms with Gasteiger partial charge in [-0.2, -0.15) is 0 Å². The van der Waals surface area contributed by atoms with Crippen molar-refractivity contribution in [3.63, 3.8) is 0 Å². The number of hydrogen-bond acceptors (Lipinski definition) is 16. The zero-order valence-electron chi connectivity index (χ0n) is 47.1. The predicted octanol–water partition coefficient (Wildman–Crippen LogP) is 10.6. The van der Waals surface area contributed by atoms with E-state index >= 15 is 0 Å². The normalized spacial score (nSPS) is 17.7. The van der Waals surface area contributed by atoms with Gasteiger partial charge in [0.25, 0.3) is 0 Å². The molecule has 1 aromatic heterocycles. The molecule has 19 nitrogen and oxygen atoms in total. The van der Waals surface area contributed by atoms with Crippen molar-refractivity contribution in [3.05, 3.63) is 135 Å². The van der Waals surface area contributed by atoms with Crippen LogP contribution in [-0.4, -0.2) is 136 Å². The summed E-state index contributed by atoms with van der Waals surface area (Å²) in [6.07, 6.45) is -1.28. The van der Waals surface area contributed by atoms with Crippen molar-refractivity contribution in [1.82, 2.24) is 25.4 Å². The van der Waals surface area contributed by atoms with Gasteiger partial charge in [0, 0.05) is 30.3 Å². The largest absolute Gasteiger partial charge is 0.461 e. The SMILES string of the molecule is CC(C)(C)OC(=O)N1C[C@H](NC(=O)OCC2c3ccccc3-c3ccccc32)C[C@H]1C(N)=S.CCOC(=O)C(=O)CBr.CCOC(=O)c1csc([C@@H]2C[C@@H](NC(=O)OCC3c4ccccc4-c4ccccc43)CN2C(=O)OC(C)(C)C)n1. The van der Waals surface area contributed by atoms with Crippen LogP contribution in [0.5, 0.6) is 0 Å². The molecule has 4 amide bonds. The van der Waals surface area contributed by atoms with Crippen LogP contribution in [0.3, 0.4) is 0 Å². The van der Waals surface area contributed by atoms with Crippen LogP contribution in [0.4, 0.5) is 19.2 Å². The summed E-state index contributed by atoms with van der Waals surface area (Å²) in [7, 11) is 0. The molecule has 0 spiro atoms. The maximum atomic E-state index is 13.1. The minimum atomic E-state index is -0.769. The molecule has 0 saturated carbocycles. The highest BCUT2D eigenvalue weighted by atomic mass is 79.9. The standard InChI is InChI=1S/C30H33N3O6S.C25H29N3O4S.C5H7BrO3/c1-5-37-27(34)24-17-40-26(32-24)25-14-18(15-33(25)29(36)39-30(2,3)4)31-28(35)38-16-23-21-12-8-6-10-19(21)20-11-7-9-13-22(20)23;1-25(2,3)32-24(30)28-13-15(12-21(28)22(26)33)27-23(29)31-14-20-18-10-6-4-8-16(18)17-9-5-7-11-19(17)20;1-2-9-5(8)4(7)3-6/h6-13,17-18,23,25H,5,14-16H2,1-4H3,(H,31,35);4-11,15,20-21H,12-14H2,1-3H3,(H2,26,33)(H,27,29);2-3H2,1H3/t18-,25+;15-,21+;/m11./s1. The Hall–Kier alpha value is -7.43. The van der Waals surface area contributed by atoms with Crippen LogP contribution in [0.1, 0.15) is 124 Å². The van der Waals surface area contributed by atoms with E-state index in [0.717, 1.165) is 33.4 Å². The molecule has 22 heteroatoms. The summed E-state index contributed by atoms with van der Waals surface area (Å²) in [6.45, 7) is 15.5. The third-order valence-electron chi connectivity index (χ3n) is 13.4. The number of ketones is 1. The molecule has 436 valence electrons. The lowest BCUT2D eigenvalue weighted by Crippen LogP contribution is -2.45. The average molecular weight is 1230 g/mol. The zero-order valence-corrected chi connectivity index (χ0v) is 50.3. The van der Waals surface area contributed by atoms with E-state index in [2.05, 4.69) is 84.8 Å². The highest BCUT2D eigenvalue weighted by Gasteiger charge is 2.43. The first-order valence-corrected chi connectivity index (χ1v) is 29.3. The molecule has 0 radical (unpaired) electrons. The lowest BCUT2D eigenvalue weighted by molar-refractivity contribution is -0.152. The number of Topliss-reactive ketones (excluding diaryl/α,β-unsaturated/α-hetero) is 1. The number of hydrogen-bond donors (Lipinski definition) is 3. The first-order chi connectivity index (χ1) is 39.0. The molecule has 82 heavy (non-hydrogen) atoms. The van der Waals surface area contributed by atoms with E-state index in [9.17, 15) is 33.6 Å². The Labute approximate surface area is 495 Å². The fourth-order valence-electron chi connectivity index (χ4n) is 10.0. The Balaban J connectivity index is 0.000000208. The number of carbonyl (C=O) groups is 7. The third kappa shape index (κ3) is 15.8. The lowest BCUT2D eigenvalue weighted by Gasteiger charge is -2.27. The van der Waals surface area contributed by atoms with E-state index in [-0.39, 0.29) is 79.4 Å². The second kappa shape index (κ2) is 27.6. The van der Waals surface area contributed by atoms with Gasteiger partial charge in [-0.25, -0.2) is 33.8 Å². The first-order valence-electron chi connectivity index (χ1n) is 26.9. The van der Waals surface area contributed by atoms with E-state index in [4.69, 9.17) is 41.6 Å². The third-order valence-corrected chi connectivity index (χ3v) is 15.2. The number of thiazole rings is 1. The van der Waals surface area contributed by atoms with E-state index in [1.807, 2.05) is 48.5 Å².